The monoisotopic (exact) mass is 1280 g/mol. The zero-order chi connectivity index (χ0) is 65.9. The molecule has 0 aliphatic heterocycles. The van der Waals surface area contributed by atoms with Gasteiger partial charge in [0, 0.05) is 31.9 Å². The van der Waals surface area contributed by atoms with Crippen molar-refractivity contribution < 1.29 is 91.4 Å². The van der Waals surface area contributed by atoms with Gasteiger partial charge in [0.05, 0.1) is 13.0 Å². The number of amides is 12. The van der Waals surface area contributed by atoms with E-state index in [1.165, 1.54) is 75.9 Å². The van der Waals surface area contributed by atoms with Crippen molar-refractivity contribution in [3.05, 3.63) is 59.7 Å². The number of aromatic hydroxyl groups is 1. The number of nitrogens with one attached hydrogen (secondary N) is 10. The molecule has 34 heteroatoms. The molecule has 0 unspecified atom stereocenters. The number of carboxylic acid groups (broad SMARTS) is 1. The van der Waals surface area contributed by atoms with Crippen LogP contribution in [0.5, 0.6) is 11.5 Å². The molecule has 87 heavy (non-hydrogen) atoms. The third kappa shape index (κ3) is 28.8. The molecule has 0 aliphatic rings. The molecule has 2 aromatic rings. The van der Waals surface area contributed by atoms with Crippen LogP contribution < -0.4 is 69.2 Å². The zero-order valence-electron chi connectivity index (χ0n) is 48.9. The second kappa shape index (κ2) is 36.9. The van der Waals surface area contributed by atoms with Gasteiger partial charge in [0.2, 0.25) is 70.9 Å². The molecular weight excluding hydrogens is 1200 g/mol. The van der Waals surface area contributed by atoms with E-state index in [0.29, 0.717) is 11.3 Å². The van der Waals surface area contributed by atoms with Gasteiger partial charge in [-0.1, -0.05) is 52.0 Å². The summed E-state index contributed by atoms with van der Waals surface area (Å²) < 4.78 is 16.0. The number of rotatable bonds is 38. The van der Waals surface area contributed by atoms with E-state index in [-0.39, 0.29) is 48.0 Å². The first-order valence-electron chi connectivity index (χ1n) is 27.1. The SMILES string of the molecule is CSCC[C@H](NC(=O)CNC(=O)[C@@H](NC(=O)[C@H](CC(N)=O)NC(=O)[C@H](CCC(=O)O)NC(=O)[C@H](Cc1ccc(OP(=O)(O)O)cc1)NC(=O)[C@H](CC(C)C)NC(=O)[C@H](C)NC(C)=O)C(C)C)C(=O)N[C@@H](Cc1ccc(O)cc1)C(=O)N[C@@H](CS)C(N)=O. The first-order chi connectivity index (χ1) is 40.6. The lowest BCUT2D eigenvalue weighted by Crippen LogP contribution is -2.61. The molecule has 0 fully saturated rings. The predicted octanol–water partition coefficient (Wildman–Crippen LogP) is -3.22. The molecule has 0 saturated carbocycles. The molecule has 12 amide bonds. The zero-order valence-corrected chi connectivity index (χ0v) is 51.5. The van der Waals surface area contributed by atoms with E-state index in [1.807, 2.05) is 0 Å². The van der Waals surface area contributed by atoms with Gasteiger partial charge in [0.1, 0.15) is 65.9 Å². The fraction of sp³-hybridized carbons (Fsp3) is 0.528. The summed E-state index contributed by atoms with van der Waals surface area (Å²) in [5.74, 6) is -14.1. The number of aliphatic carboxylic acids is 1. The van der Waals surface area contributed by atoms with Gasteiger partial charge in [-0.25, -0.2) is 4.57 Å². The Morgan fingerprint density at radius 2 is 1.06 bits per heavy atom. The topological polar surface area (TPSA) is 501 Å². The van der Waals surface area contributed by atoms with Crippen LogP contribution >= 0.6 is 32.2 Å². The fourth-order valence-corrected chi connectivity index (χ4v) is 9.19. The first-order valence-corrected chi connectivity index (χ1v) is 30.7. The predicted molar refractivity (Wildman–Crippen MR) is 317 cm³/mol. The Balaban J connectivity index is 2.42. The fourth-order valence-electron chi connectivity index (χ4n) is 8.05. The molecule has 0 saturated heterocycles. The van der Waals surface area contributed by atoms with E-state index < -0.39 is 177 Å². The van der Waals surface area contributed by atoms with Crippen molar-refractivity contribution in [3.8, 4) is 11.5 Å². The molecule has 482 valence electrons. The number of primary amides is 2. The molecule has 0 bridgehead atoms. The molecule has 18 N–H and O–H groups in total. The highest BCUT2D eigenvalue weighted by Crippen LogP contribution is 2.37. The summed E-state index contributed by atoms with van der Waals surface area (Å²) in [5, 5.41) is 43.7. The summed E-state index contributed by atoms with van der Waals surface area (Å²) in [5.41, 5.74) is 11.6. The molecule has 0 aliphatic carbocycles. The molecule has 9 atom stereocenters. The Hall–Kier alpha value is -8.00. The smallest absolute Gasteiger partial charge is 0.508 e. The molecule has 31 nitrogen and oxygen atoms in total. The van der Waals surface area contributed by atoms with Gasteiger partial charge >= 0.3 is 13.8 Å². The van der Waals surface area contributed by atoms with Gasteiger partial charge in [-0.3, -0.25) is 72.1 Å². The number of phenols is 1. The van der Waals surface area contributed by atoms with E-state index >= 15 is 0 Å². The summed E-state index contributed by atoms with van der Waals surface area (Å²) in [6.45, 7) is 8.18. The van der Waals surface area contributed by atoms with Crippen molar-refractivity contribution in [2.24, 2.45) is 23.3 Å². The Morgan fingerprint density at radius 3 is 1.52 bits per heavy atom. The molecule has 2 aromatic carbocycles. The Morgan fingerprint density at radius 1 is 0.598 bits per heavy atom. The van der Waals surface area contributed by atoms with Crippen LogP contribution in [0.2, 0.25) is 0 Å². The van der Waals surface area contributed by atoms with Crippen molar-refractivity contribution in [2.75, 3.05) is 24.3 Å². The third-order valence-corrected chi connectivity index (χ3v) is 13.9. The van der Waals surface area contributed by atoms with E-state index in [4.69, 9.17) is 11.5 Å². The highest BCUT2D eigenvalue weighted by atomic mass is 32.2. The van der Waals surface area contributed by atoms with Crippen molar-refractivity contribution in [3.63, 3.8) is 0 Å². The third-order valence-electron chi connectivity index (χ3n) is 12.5. The van der Waals surface area contributed by atoms with E-state index in [1.54, 1.807) is 20.1 Å². The maximum atomic E-state index is 14.3. The van der Waals surface area contributed by atoms with E-state index in [9.17, 15) is 86.9 Å². The number of thioether (sulfide) groups is 1. The highest BCUT2D eigenvalue weighted by molar-refractivity contribution is 7.98. The summed E-state index contributed by atoms with van der Waals surface area (Å²) >= 11 is 5.37. The molecule has 0 spiro atoms. The summed E-state index contributed by atoms with van der Waals surface area (Å²) in [6.07, 6.45) is -1.17. The van der Waals surface area contributed by atoms with Gasteiger partial charge in [-0.2, -0.15) is 24.4 Å². The molecule has 0 radical (unpaired) electrons. The minimum Gasteiger partial charge on any atom is -0.508 e. The minimum absolute atomic E-state index is 0.00400. The summed E-state index contributed by atoms with van der Waals surface area (Å²) in [6, 6.07) is -2.66. The Bertz CT molecular complexity index is 2810. The van der Waals surface area contributed by atoms with E-state index in [2.05, 4.69) is 70.3 Å². The van der Waals surface area contributed by atoms with Crippen LogP contribution in [0.15, 0.2) is 48.5 Å². The number of nitrogens with two attached hydrogens (primary N) is 2. The maximum absolute atomic E-state index is 14.3. The number of thiol groups is 1. The Kier molecular flexibility index (Phi) is 31.8. The average molecular weight is 1280 g/mol. The number of hydrogen-bond donors (Lipinski definition) is 17. The lowest BCUT2D eigenvalue weighted by atomic mass is 10.00. The lowest BCUT2D eigenvalue weighted by molar-refractivity contribution is -0.139. The number of hydrogen-bond acceptors (Lipinski definition) is 18. The second-order valence-electron chi connectivity index (χ2n) is 20.8. The van der Waals surface area contributed by atoms with Crippen LogP contribution in [-0.4, -0.2) is 176 Å². The number of benzene rings is 2. The van der Waals surface area contributed by atoms with Gasteiger partial charge in [-0.15, -0.1) is 0 Å². The Labute approximate surface area is 511 Å². The molecule has 0 heterocycles. The lowest BCUT2D eigenvalue weighted by Gasteiger charge is -2.28. The number of carbonyl (C=O) groups is 13. The van der Waals surface area contributed by atoms with Gasteiger partial charge < -0.3 is 79.4 Å². The van der Waals surface area contributed by atoms with Crippen molar-refractivity contribution in [1.29, 1.82) is 0 Å². The molecular formula is C53H79N12O19PS2. The number of phenolic OH excluding ortho intramolecular Hbond substituents is 1. The molecule has 2 rings (SSSR count). The van der Waals surface area contributed by atoms with Gasteiger partial charge in [0.15, 0.2) is 0 Å². The first kappa shape index (κ1) is 75.1. The van der Waals surface area contributed by atoms with Crippen molar-refractivity contribution in [1.82, 2.24) is 53.2 Å². The molecule has 0 aromatic heterocycles. The quantitative estimate of drug-likeness (QED) is 0.0232. The summed E-state index contributed by atoms with van der Waals surface area (Å²) in [4.78, 5) is 190. The number of carboxylic acids is 1. The summed E-state index contributed by atoms with van der Waals surface area (Å²) in [7, 11) is -5.00. The standard InChI is InChI=1S/C53H79N12O19PS2/c1-26(2)20-36(60-46(73)28(5)57-29(6)66)49(76)62-37(22-31-10-14-33(15-11-31)84-85(81,82)83)50(77)59-34(16-17-43(70)71)47(74)63-39(23-41(54)68)52(79)65-44(27(3)4)53(80)56-24-42(69)58-35(18-19-87-7)48(75)61-38(21-30-8-12-32(67)13-9-30)51(78)64-40(25-86)45(55)72/h8-15,26-28,34-40,44,67,86H,16-25H2,1-7H3,(H2,54,68)(H2,55,72)(H,56,80)(H,57,66)(H,58,69)(H,59,77)(H,60,73)(H,61,75)(H,62,76)(H,63,74)(H,64,78)(H,65,79)(H,70,71)(H2,81,82,83)/t28-,34-,35-,36-,37-,38-,39-,40-,44-/m0/s1. The van der Waals surface area contributed by atoms with Crippen LogP contribution in [0.25, 0.3) is 0 Å². The average Bonchev–Trinajstić information content (AvgIpc) is 2.98. The minimum atomic E-state index is -5.00. The van der Waals surface area contributed by atoms with Crippen molar-refractivity contribution >= 4 is 109 Å². The largest absolute Gasteiger partial charge is 0.524 e. The normalized spacial score (nSPS) is 14.3. The van der Waals surface area contributed by atoms with Crippen LogP contribution in [0.4, 0.5) is 0 Å². The van der Waals surface area contributed by atoms with E-state index in [0.717, 1.165) is 12.1 Å². The van der Waals surface area contributed by atoms with Gasteiger partial charge in [-0.05, 0) is 85.4 Å². The van der Waals surface area contributed by atoms with Crippen LogP contribution in [0, 0.1) is 11.8 Å². The number of phosphoric acid groups is 1. The maximum Gasteiger partial charge on any atom is 0.524 e. The van der Waals surface area contributed by atoms with Crippen LogP contribution in [-0.2, 0) is 79.7 Å². The number of carbonyl (C=O) groups excluding carboxylic acids is 12. The van der Waals surface area contributed by atoms with Crippen LogP contribution in [0.3, 0.4) is 0 Å². The van der Waals surface area contributed by atoms with Crippen LogP contribution in [0.1, 0.15) is 84.8 Å². The highest BCUT2D eigenvalue weighted by Gasteiger charge is 2.36. The van der Waals surface area contributed by atoms with Crippen molar-refractivity contribution in [2.45, 2.75) is 141 Å². The second-order valence-corrected chi connectivity index (χ2v) is 23.3. The number of phosphoric ester groups is 1. The van der Waals surface area contributed by atoms with Gasteiger partial charge in [0.25, 0.3) is 0 Å².